The number of aryl methyl sites for hydroxylation is 1. The maximum absolute atomic E-state index is 12.6. The van der Waals surface area contributed by atoms with E-state index in [1.54, 1.807) is 11.3 Å². The number of nitrogens with zero attached hydrogens (tertiary/aromatic N) is 3. The molecule has 32 heavy (non-hydrogen) atoms. The second-order valence-corrected chi connectivity index (χ2v) is 10.2. The fraction of sp³-hybridized carbons (Fsp3) is 0.400. The lowest BCUT2D eigenvalue weighted by molar-refractivity contribution is -0.119. The number of hydrogen-bond acceptors (Lipinski definition) is 5. The van der Waals surface area contributed by atoms with Gasteiger partial charge < -0.3 is 5.32 Å². The van der Waals surface area contributed by atoms with Crippen molar-refractivity contribution in [1.29, 1.82) is 0 Å². The molecule has 168 valence electrons. The van der Waals surface area contributed by atoms with Crippen LogP contribution in [0.5, 0.6) is 0 Å². The van der Waals surface area contributed by atoms with Gasteiger partial charge in [-0.15, -0.1) is 28.1 Å². The summed E-state index contributed by atoms with van der Waals surface area (Å²) in [7, 11) is 0. The first kappa shape index (κ1) is 22.8. The number of aromatic nitrogens is 3. The van der Waals surface area contributed by atoms with Gasteiger partial charge in [0.2, 0.25) is 5.91 Å². The van der Waals surface area contributed by atoms with E-state index >= 15 is 0 Å². The number of allylic oxidation sites excluding steroid dienone is 1. The van der Waals surface area contributed by atoms with Crippen LogP contribution in [0.1, 0.15) is 43.4 Å². The van der Waals surface area contributed by atoms with Crippen molar-refractivity contribution < 1.29 is 4.79 Å². The Morgan fingerprint density at radius 1 is 1.22 bits per heavy atom. The third-order valence-electron chi connectivity index (χ3n) is 5.86. The number of hydrogen-bond donors (Lipinski definition) is 1. The van der Waals surface area contributed by atoms with Gasteiger partial charge in [-0.3, -0.25) is 9.36 Å². The highest BCUT2D eigenvalue weighted by atomic mass is 32.2. The van der Waals surface area contributed by atoms with E-state index < -0.39 is 0 Å². The molecule has 5 nitrogen and oxygen atoms in total. The lowest BCUT2D eigenvalue weighted by Gasteiger charge is -2.16. The van der Waals surface area contributed by atoms with Crippen molar-refractivity contribution in [3.8, 4) is 22.5 Å². The van der Waals surface area contributed by atoms with Gasteiger partial charge in [-0.1, -0.05) is 73.9 Å². The maximum Gasteiger partial charge on any atom is 0.230 e. The first-order valence-corrected chi connectivity index (χ1v) is 13.1. The summed E-state index contributed by atoms with van der Waals surface area (Å²) in [5.41, 5.74) is 3.44. The van der Waals surface area contributed by atoms with Crippen LogP contribution in [-0.4, -0.2) is 32.5 Å². The second kappa shape index (κ2) is 11.0. The van der Waals surface area contributed by atoms with Crippen molar-refractivity contribution in [3.63, 3.8) is 0 Å². The zero-order chi connectivity index (χ0) is 22.3. The van der Waals surface area contributed by atoms with E-state index in [1.807, 2.05) is 12.1 Å². The summed E-state index contributed by atoms with van der Waals surface area (Å²) >= 11 is 3.16. The van der Waals surface area contributed by atoms with E-state index in [0.717, 1.165) is 29.4 Å². The van der Waals surface area contributed by atoms with Crippen molar-refractivity contribution in [3.05, 3.63) is 53.2 Å². The largest absolute Gasteiger partial charge is 0.353 e. The standard InChI is InChI=1S/C25H30N4OS2/c1-3-15-29-24(21-16-31-18(2)23(21)19-11-7-6-8-12-19)27-28-25(29)32-17-22(30)26-20-13-9-4-5-10-14-20/h3,6-8,11-12,16,20H,1,4-5,9-10,13-15,17H2,2H3,(H,26,30). The van der Waals surface area contributed by atoms with Crippen LogP contribution in [0.15, 0.2) is 53.5 Å². The SMILES string of the molecule is C=CCn1c(SCC(=O)NC2CCCCCC2)nnc1-c1csc(C)c1-c1ccccc1. The molecule has 2 aromatic heterocycles. The third kappa shape index (κ3) is 5.33. The molecule has 0 unspecified atom stereocenters. The molecule has 1 aliphatic rings. The molecular weight excluding hydrogens is 436 g/mol. The minimum atomic E-state index is 0.0768. The summed E-state index contributed by atoms with van der Waals surface area (Å²) in [6.45, 7) is 6.65. The average Bonchev–Trinajstić information content (AvgIpc) is 3.27. The molecule has 1 aromatic carbocycles. The lowest BCUT2D eigenvalue weighted by Crippen LogP contribution is -2.35. The van der Waals surface area contributed by atoms with Gasteiger partial charge >= 0.3 is 0 Å². The van der Waals surface area contributed by atoms with E-state index in [0.29, 0.717) is 18.3 Å². The van der Waals surface area contributed by atoms with Gasteiger partial charge in [0, 0.05) is 34.0 Å². The zero-order valence-electron chi connectivity index (χ0n) is 18.5. The number of benzene rings is 1. The first-order valence-electron chi connectivity index (χ1n) is 11.3. The fourth-order valence-electron chi connectivity index (χ4n) is 4.29. The first-order chi connectivity index (χ1) is 15.7. The van der Waals surface area contributed by atoms with Crippen LogP contribution in [-0.2, 0) is 11.3 Å². The van der Waals surface area contributed by atoms with E-state index in [-0.39, 0.29) is 5.91 Å². The molecule has 1 N–H and O–H groups in total. The molecule has 1 saturated carbocycles. The Kier molecular flexibility index (Phi) is 7.81. The molecule has 3 aromatic rings. The van der Waals surface area contributed by atoms with Gasteiger partial charge in [0.1, 0.15) is 0 Å². The molecular formula is C25H30N4OS2. The van der Waals surface area contributed by atoms with Crippen LogP contribution in [0.3, 0.4) is 0 Å². The monoisotopic (exact) mass is 466 g/mol. The summed E-state index contributed by atoms with van der Waals surface area (Å²) in [5, 5.41) is 15.1. The van der Waals surface area contributed by atoms with Gasteiger partial charge in [0.25, 0.3) is 0 Å². The van der Waals surface area contributed by atoms with Crippen molar-refractivity contribution >= 4 is 29.0 Å². The number of nitrogens with one attached hydrogen (secondary N) is 1. The lowest BCUT2D eigenvalue weighted by atomic mass is 10.0. The molecule has 0 aliphatic heterocycles. The number of rotatable bonds is 8. The quantitative estimate of drug-likeness (QED) is 0.248. The minimum Gasteiger partial charge on any atom is -0.353 e. The molecule has 7 heteroatoms. The fourth-order valence-corrected chi connectivity index (χ4v) is 5.92. The Morgan fingerprint density at radius 2 is 1.97 bits per heavy atom. The normalized spacial score (nSPS) is 14.8. The van der Waals surface area contributed by atoms with Gasteiger partial charge in [-0.25, -0.2) is 0 Å². The van der Waals surface area contributed by atoms with Gasteiger partial charge in [0.05, 0.1) is 5.75 Å². The Balaban J connectivity index is 1.52. The Hall–Kier alpha value is -2.38. The van der Waals surface area contributed by atoms with Crippen molar-refractivity contribution in [2.75, 3.05) is 5.75 Å². The molecule has 0 radical (unpaired) electrons. The number of carbonyl (C=O) groups is 1. The summed E-state index contributed by atoms with van der Waals surface area (Å²) in [4.78, 5) is 13.8. The Bertz CT molecular complexity index is 1050. The zero-order valence-corrected chi connectivity index (χ0v) is 20.2. The number of carbonyl (C=O) groups excluding carboxylic acids is 1. The van der Waals surface area contributed by atoms with Crippen LogP contribution >= 0.6 is 23.1 Å². The molecule has 1 aliphatic carbocycles. The number of amides is 1. The topological polar surface area (TPSA) is 59.8 Å². The highest BCUT2D eigenvalue weighted by molar-refractivity contribution is 7.99. The summed E-state index contributed by atoms with van der Waals surface area (Å²) in [6.07, 6.45) is 9.00. The summed E-state index contributed by atoms with van der Waals surface area (Å²) in [5.74, 6) is 1.24. The second-order valence-electron chi connectivity index (χ2n) is 8.20. The molecule has 0 saturated heterocycles. The number of thioether (sulfide) groups is 1. The van der Waals surface area contributed by atoms with E-state index in [2.05, 4.69) is 63.2 Å². The minimum absolute atomic E-state index is 0.0768. The Labute approximate surface area is 198 Å². The number of thiophene rings is 1. The summed E-state index contributed by atoms with van der Waals surface area (Å²) in [6, 6.07) is 10.7. The maximum atomic E-state index is 12.6. The molecule has 2 heterocycles. The van der Waals surface area contributed by atoms with Crippen LogP contribution in [0, 0.1) is 6.92 Å². The third-order valence-corrected chi connectivity index (χ3v) is 7.74. The highest BCUT2D eigenvalue weighted by Crippen LogP contribution is 2.39. The van der Waals surface area contributed by atoms with Crippen molar-refractivity contribution in [2.45, 2.75) is 63.2 Å². The molecule has 1 amide bonds. The van der Waals surface area contributed by atoms with Crippen LogP contribution in [0.2, 0.25) is 0 Å². The van der Waals surface area contributed by atoms with Gasteiger partial charge in [-0.2, -0.15) is 0 Å². The highest BCUT2D eigenvalue weighted by Gasteiger charge is 2.21. The van der Waals surface area contributed by atoms with E-state index in [1.165, 1.54) is 53.4 Å². The molecule has 0 atom stereocenters. The van der Waals surface area contributed by atoms with E-state index in [9.17, 15) is 4.79 Å². The predicted molar refractivity (Wildman–Crippen MR) is 134 cm³/mol. The molecule has 4 rings (SSSR count). The van der Waals surface area contributed by atoms with Crippen molar-refractivity contribution in [1.82, 2.24) is 20.1 Å². The smallest absolute Gasteiger partial charge is 0.230 e. The van der Waals surface area contributed by atoms with Crippen LogP contribution in [0.25, 0.3) is 22.5 Å². The average molecular weight is 467 g/mol. The Morgan fingerprint density at radius 3 is 2.69 bits per heavy atom. The summed E-state index contributed by atoms with van der Waals surface area (Å²) < 4.78 is 2.06. The molecule has 0 spiro atoms. The predicted octanol–water partition coefficient (Wildman–Crippen LogP) is 6.10. The van der Waals surface area contributed by atoms with Crippen molar-refractivity contribution in [2.24, 2.45) is 0 Å². The van der Waals surface area contributed by atoms with E-state index in [4.69, 9.17) is 0 Å². The van der Waals surface area contributed by atoms with Gasteiger partial charge in [0.15, 0.2) is 11.0 Å². The van der Waals surface area contributed by atoms with Gasteiger partial charge in [-0.05, 0) is 25.3 Å². The molecule has 1 fully saturated rings. The van der Waals surface area contributed by atoms with Crippen LogP contribution < -0.4 is 5.32 Å². The molecule has 0 bridgehead atoms. The van der Waals surface area contributed by atoms with Crippen LogP contribution in [0.4, 0.5) is 0 Å².